The average molecular weight is 155 g/mol. The van der Waals surface area contributed by atoms with Crippen molar-refractivity contribution in [2.75, 3.05) is 7.11 Å². The van der Waals surface area contributed by atoms with Gasteiger partial charge < -0.3 is 4.74 Å². The Bertz CT molecular complexity index is 193. The van der Waals surface area contributed by atoms with E-state index in [0.29, 0.717) is 6.04 Å². The summed E-state index contributed by atoms with van der Waals surface area (Å²) >= 11 is 0. The molecular weight excluding hydrogens is 142 g/mol. The standard InChI is InChI=1S/C8H13NO2/c1-11-7(10)8-5-3-2-4-6(8)9-8/h6,9H,2-5H2,1H3/t6-,8+/m1/s1. The van der Waals surface area contributed by atoms with E-state index in [-0.39, 0.29) is 11.5 Å². The number of ether oxygens (including phenoxy) is 1. The van der Waals surface area contributed by atoms with E-state index in [2.05, 4.69) is 5.32 Å². The van der Waals surface area contributed by atoms with E-state index in [9.17, 15) is 4.79 Å². The average Bonchev–Trinajstić information content (AvgIpc) is 2.78. The second-order valence-electron chi connectivity index (χ2n) is 3.41. The van der Waals surface area contributed by atoms with Crippen molar-refractivity contribution in [2.45, 2.75) is 37.3 Å². The van der Waals surface area contributed by atoms with Crippen LogP contribution in [0.2, 0.25) is 0 Å². The molecule has 2 fully saturated rings. The first-order valence-corrected chi connectivity index (χ1v) is 4.16. The van der Waals surface area contributed by atoms with Crippen LogP contribution in [0.1, 0.15) is 25.7 Å². The number of hydrogen-bond acceptors (Lipinski definition) is 3. The summed E-state index contributed by atoms with van der Waals surface area (Å²) in [5, 5.41) is 3.22. The van der Waals surface area contributed by atoms with Gasteiger partial charge in [0.25, 0.3) is 0 Å². The van der Waals surface area contributed by atoms with Crippen molar-refractivity contribution in [3.8, 4) is 0 Å². The smallest absolute Gasteiger partial charge is 0.327 e. The van der Waals surface area contributed by atoms with Crippen LogP contribution in [-0.2, 0) is 9.53 Å². The van der Waals surface area contributed by atoms with Crippen LogP contribution in [-0.4, -0.2) is 24.7 Å². The number of esters is 1. The molecule has 3 heteroatoms. The normalized spacial score (nSPS) is 41.0. The Morgan fingerprint density at radius 1 is 1.64 bits per heavy atom. The highest BCUT2D eigenvalue weighted by molar-refractivity contribution is 5.86. The molecule has 11 heavy (non-hydrogen) atoms. The molecule has 0 bridgehead atoms. The molecule has 0 radical (unpaired) electrons. The van der Waals surface area contributed by atoms with Crippen LogP contribution in [0.3, 0.4) is 0 Å². The first-order valence-electron chi connectivity index (χ1n) is 4.16. The largest absolute Gasteiger partial charge is 0.468 e. The molecule has 2 rings (SSSR count). The Morgan fingerprint density at radius 2 is 2.45 bits per heavy atom. The van der Waals surface area contributed by atoms with Gasteiger partial charge in [-0.15, -0.1) is 0 Å². The highest BCUT2D eigenvalue weighted by Gasteiger charge is 2.61. The maximum Gasteiger partial charge on any atom is 0.327 e. The van der Waals surface area contributed by atoms with Crippen LogP contribution < -0.4 is 5.32 Å². The monoisotopic (exact) mass is 155 g/mol. The summed E-state index contributed by atoms with van der Waals surface area (Å²) in [7, 11) is 1.46. The SMILES string of the molecule is COC(=O)[C@]12CCCC[C@H]1N2. The number of hydrogen-bond donors (Lipinski definition) is 1. The van der Waals surface area contributed by atoms with Gasteiger partial charge in [-0.3, -0.25) is 5.32 Å². The van der Waals surface area contributed by atoms with Crippen LogP contribution in [0.4, 0.5) is 0 Å². The van der Waals surface area contributed by atoms with Crippen molar-refractivity contribution in [3.63, 3.8) is 0 Å². The zero-order chi connectivity index (χ0) is 7.90. The first kappa shape index (κ1) is 7.10. The molecule has 1 aliphatic heterocycles. The van der Waals surface area contributed by atoms with Gasteiger partial charge in [-0.2, -0.15) is 0 Å². The molecule has 0 aromatic heterocycles. The fraction of sp³-hybridized carbons (Fsp3) is 0.875. The lowest BCUT2D eigenvalue weighted by Crippen LogP contribution is -2.32. The highest BCUT2D eigenvalue weighted by atomic mass is 16.5. The fourth-order valence-electron chi connectivity index (χ4n) is 2.07. The van der Waals surface area contributed by atoms with Crippen molar-refractivity contribution >= 4 is 5.97 Å². The van der Waals surface area contributed by atoms with Crippen molar-refractivity contribution in [2.24, 2.45) is 0 Å². The minimum atomic E-state index is -0.257. The molecule has 0 spiro atoms. The number of rotatable bonds is 1. The number of carbonyl (C=O) groups excluding carboxylic acids is 1. The minimum Gasteiger partial charge on any atom is -0.468 e. The van der Waals surface area contributed by atoms with Gasteiger partial charge in [-0.25, -0.2) is 4.79 Å². The number of methoxy groups -OCH3 is 1. The Labute approximate surface area is 66.1 Å². The van der Waals surface area contributed by atoms with Crippen LogP contribution in [0.25, 0.3) is 0 Å². The molecule has 62 valence electrons. The molecular formula is C8H13NO2. The number of carbonyl (C=O) groups is 1. The van der Waals surface area contributed by atoms with E-state index in [1.807, 2.05) is 0 Å². The molecule has 2 aliphatic rings. The van der Waals surface area contributed by atoms with Gasteiger partial charge in [0, 0.05) is 6.04 Å². The van der Waals surface area contributed by atoms with E-state index >= 15 is 0 Å². The molecule has 0 unspecified atom stereocenters. The third kappa shape index (κ3) is 0.872. The third-order valence-corrected chi connectivity index (χ3v) is 2.81. The van der Waals surface area contributed by atoms with Crippen molar-refractivity contribution in [1.29, 1.82) is 0 Å². The van der Waals surface area contributed by atoms with Crippen molar-refractivity contribution in [1.82, 2.24) is 5.32 Å². The van der Waals surface area contributed by atoms with Crippen molar-refractivity contribution < 1.29 is 9.53 Å². The highest BCUT2D eigenvalue weighted by Crippen LogP contribution is 2.40. The van der Waals surface area contributed by atoms with Gasteiger partial charge in [-0.1, -0.05) is 12.8 Å². The molecule has 1 heterocycles. The van der Waals surface area contributed by atoms with Crippen LogP contribution in [0.5, 0.6) is 0 Å². The molecule has 1 N–H and O–H groups in total. The predicted molar refractivity (Wildman–Crippen MR) is 40.1 cm³/mol. The summed E-state index contributed by atoms with van der Waals surface area (Å²) < 4.78 is 4.73. The molecule has 0 aromatic rings. The van der Waals surface area contributed by atoms with Gasteiger partial charge in [0.15, 0.2) is 0 Å². The molecule has 0 aromatic carbocycles. The topological polar surface area (TPSA) is 48.2 Å². The van der Waals surface area contributed by atoms with Gasteiger partial charge in [0.05, 0.1) is 7.11 Å². The molecule has 1 saturated heterocycles. The Balaban J connectivity index is 2.07. The minimum absolute atomic E-state index is 0.0674. The third-order valence-electron chi connectivity index (χ3n) is 2.81. The lowest BCUT2D eigenvalue weighted by Gasteiger charge is -2.16. The fourth-order valence-corrected chi connectivity index (χ4v) is 2.07. The van der Waals surface area contributed by atoms with Gasteiger partial charge >= 0.3 is 5.97 Å². The van der Waals surface area contributed by atoms with E-state index in [0.717, 1.165) is 19.3 Å². The summed E-state index contributed by atoms with van der Waals surface area (Å²) in [5.41, 5.74) is -0.257. The zero-order valence-electron chi connectivity index (χ0n) is 6.72. The first-order chi connectivity index (χ1) is 5.29. The second kappa shape index (κ2) is 2.21. The number of nitrogens with one attached hydrogen (secondary N) is 1. The Kier molecular flexibility index (Phi) is 1.42. The van der Waals surface area contributed by atoms with E-state index in [4.69, 9.17) is 4.74 Å². The van der Waals surface area contributed by atoms with Crippen LogP contribution in [0.15, 0.2) is 0 Å². The molecule has 1 aliphatic carbocycles. The summed E-state index contributed by atoms with van der Waals surface area (Å²) in [5.74, 6) is -0.0674. The van der Waals surface area contributed by atoms with Gasteiger partial charge in [-0.05, 0) is 12.8 Å². The molecule has 2 atom stereocenters. The van der Waals surface area contributed by atoms with Crippen molar-refractivity contribution in [3.05, 3.63) is 0 Å². The van der Waals surface area contributed by atoms with Gasteiger partial charge in [0.1, 0.15) is 5.54 Å². The van der Waals surface area contributed by atoms with E-state index < -0.39 is 0 Å². The quantitative estimate of drug-likeness (QED) is 0.441. The predicted octanol–water partition coefficient (Wildman–Crippen LogP) is 0.444. The summed E-state index contributed by atoms with van der Waals surface area (Å²) in [6.45, 7) is 0. The Morgan fingerprint density at radius 3 is 3.09 bits per heavy atom. The zero-order valence-corrected chi connectivity index (χ0v) is 6.72. The molecule has 1 saturated carbocycles. The summed E-state index contributed by atoms with van der Waals surface area (Å²) in [6.07, 6.45) is 4.49. The summed E-state index contributed by atoms with van der Waals surface area (Å²) in [4.78, 5) is 11.2. The van der Waals surface area contributed by atoms with E-state index in [1.54, 1.807) is 0 Å². The lowest BCUT2D eigenvalue weighted by atomic mass is 9.89. The Hall–Kier alpha value is -0.570. The maximum absolute atomic E-state index is 11.2. The maximum atomic E-state index is 11.2. The summed E-state index contributed by atoms with van der Waals surface area (Å²) in [6, 6.07) is 0.420. The second-order valence-corrected chi connectivity index (χ2v) is 3.41. The number of fused-ring (bicyclic) bond motifs is 1. The lowest BCUT2D eigenvalue weighted by molar-refractivity contribution is -0.144. The van der Waals surface area contributed by atoms with Crippen LogP contribution >= 0.6 is 0 Å². The van der Waals surface area contributed by atoms with Gasteiger partial charge in [0.2, 0.25) is 0 Å². The molecule has 3 nitrogen and oxygen atoms in total. The van der Waals surface area contributed by atoms with Crippen LogP contribution in [0, 0.1) is 0 Å². The molecule has 0 amide bonds. The van der Waals surface area contributed by atoms with E-state index in [1.165, 1.54) is 13.5 Å².